The largest absolute Gasteiger partial charge is 0.482 e. The summed E-state index contributed by atoms with van der Waals surface area (Å²) < 4.78 is 32.5. The molecule has 19 heavy (non-hydrogen) atoms. The van der Waals surface area contributed by atoms with Crippen molar-refractivity contribution in [1.82, 2.24) is 4.98 Å². The van der Waals surface area contributed by atoms with Crippen molar-refractivity contribution in [3.8, 4) is 5.75 Å². The van der Waals surface area contributed by atoms with Gasteiger partial charge in [-0.2, -0.15) is 0 Å². The van der Waals surface area contributed by atoms with Crippen LogP contribution < -0.4 is 10.5 Å². The van der Waals surface area contributed by atoms with Gasteiger partial charge < -0.3 is 10.5 Å². The normalized spacial score (nSPS) is 12.2. The van der Waals surface area contributed by atoms with Gasteiger partial charge >= 0.3 is 0 Å². The highest BCUT2D eigenvalue weighted by Gasteiger charge is 2.20. The number of ether oxygens (including phenoxy) is 1. The van der Waals surface area contributed by atoms with E-state index >= 15 is 0 Å². The van der Waals surface area contributed by atoms with E-state index in [2.05, 4.69) is 4.98 Å². The molecule has 0 saturated carbocycles. The summed E-state index contributed by atoms with van der Waals surface area (Å²) in [6, 6.07) is 5.18. The molecule has 0 amide bonds. The molecule has 0 spiro atoms. The molecule has 2 rings (SSSR count). The fraction of sp³-hybridized carbons (Fsp3) is 0.154. The molecule has 3 nitrogen and oxygen atoms in total. The van der Waals surface area contributed by atoms with Gasteiger partial charge in [0, 0.05) is 11.8 Å². The average molecular weight is 285 g/mol. The lowest BCUT2D eigenvalue weighted by Gasteiger charge is -2.17. The zero-order chi connectivity index (χ0) is 14.0. The molecule has 2 aromatic rings. The molecule has 0 bridgehead atoms. The van der Waals surface area contributed by atoms with Gasteiger partial charge in [0.2, 0.25) is 0 Å². The number of nitrogens with zero attached hydrogens (tertiary/aromatic N) is 1. The van der Waals surface area contributed by atoms with E-state index in [0.29, 0.717) is 0 Å². The molecule has 1 aromatic heterocycles. The highest BCUT2D eigenvalue weighted by molar-refractivity contribution is 6.31. The first-order valence-electron chi connectivity index (χ1n) is 5.51. The van der Waals surface area contributed by atoms with Crippen LogP contribution >= 0.6 is 11.6 Å². The van der Waals surface area contributed by atoms with Gasteiger partial charge in [0.15, 0.2) is 11.6 Å². The van der Waals surface area contributed by atoms with E-state index in [0.717, 1.165) is 12.1 Å². The highest BCUT2D eigenvalue weighted by Crippen LogP contribution is 2.32. The average Bonchev–Trinajstić information content (AvgIpc) is 2.37. The minimum absolute atomic E-state index is 0.0510. The Morgan fingerprint density at radius 3 is 2.63 bits per heavy atom. The molecule has 6 heteroatoms. The fourth-order valence-electron chi connectivity index (χ4n) is 1.67. The van der Waals surface area contributed by atoms with Crippen LogP contribution in [0.15, 0.2) is 30.5 Å². The van der Waals surface area contributed by atoms with E-state index in [1.807, 2.05) is 0 Å². The zero-order valence-corrected chi connectivity index (χ0v) is 10.8. The maximum absolute atomic E-state index is 13.7. The van der Waals surface area contributed by atoms with Crippen molar-refractivity contribution in [2.45, 2.75) is 13.0 Å². The van der Waals surface area contributed by atoms with Gasteiger partial charge in [0.1, 0.15) is 17.7 Å². The third-order valence-corrected chi connectivity index (χ3v) is 2.97. The van der Waals surface area contributed by atoms with Crippen molar-refractivity contribution >= 4 is 17.4 Å². The minimum Gasteiger partial charge on any atom is -0.482 e. The lowest BCUT2D eigenvalue weighted by atomic mass is 10.1. The van der Waals surface area contributed by atoms with Crippen molar-refractivity contribution in [2.24, 2.45) is 0 Å². The Bertz CT molecular complexity index is 607. The zero-order valence-electron chi connectivity index (χ0n) is 10.0. The molecule has 0 radical (unpaired) electrons. The van der Waals surface area contributed by atoms with Gasteiger partial charge in [-0.3, -0.25) is 0 Å². The maximum Gasteiger partial charge on any atom is 0.166 e. The van der Waals surface area contributed by atoms with Gasteiger partial charge in [0.05, 0.1) is 5.02 Å². The first kappa shape index (κ1) is 13.5. The van der Waals surface area contributed by atoms with Crippen LogP contribution in [0.5, 0.6) is 5.75 Å². The van der Waals surface area contributed by atoms with E-state index in [1.165, 1.54) is 6.20 Å². The van der Waals surface area contributed by atoms with Crippen LogP contribution in [0, 0.1) is 11.6 Å². The van der Waals surface area contributed by atoms with Gasteiger partial charge in [-0.15, -0.1) is 0 Å². The van der Waals surface area contributed by atoms with Crippen LogP contribution in [0.1, 0.15) is 18.6 Å². The van der Waals surface area contributed by atoms with Crippen molar-refractivity contribution in [2.75, 3.05) is 5.73 Å². The molecule has 100 valence electrons. The Morgan fingerprint density at radius 1 is 1.26 bits per heavy atom. The van der Waals surface area contributed by atoms with Gasteiger partial charge in [-0.1, -0.05) is 11.6 Å². The number of nitrogen functional groups attached to an aromatic ring is 1. The number of pyridine rings is 1. The summed E-state index contributed by atoms with van der Waals surface area (Å²) in [7, 11) is 0. The van der Waals surface area contributed by atoms with Crippen LogP contribution in [0.25, 0.3) is 0 Å². The molecule has 1 atom stereocenters. The Labute approximate surface area is 114 Å². The monoisotopic (exact) mass is 284 g/mol. The SMILES string of the molecule is CC(Oc1cccnc1N)c1c(F)ccc(F)c1Cl. The summed E-state index contributed by atoms with van der Waals surface area (Å²) in [5.41, 5.74) is 5.57. The number of anilines is 1. The molecule has 0 saturated heterocycles. The van der Waals surface area contributed by atoms with E-state index in [4.69, 9.17) is 22.1 Å². The number of hydrogen-bond donors (Lipinski definition) is 1. The Morgan fingerprint density at radius 2 is 1.95 bits per heavy atom. The maximum atomic E-state index is 13.7. The van der Waals surface area contributed by atoms with E-state index in [1.54, 1.807) is 19.1 Å². The molecular formula is C13H11ClF2N2O. The minimum atomic E-state index is -0.797. The molecule has 0 aliphatic rings. The van der Waals surface area contributed by atoms with E-state index in [9.17, 15) is 8.78 Å². The molecule has 0 fully saturated rings. The third-order valence-electron chi connectivity index (χ3n) is 2.59. The fourth-order valence-corrected chi connectivity index (χ4v) is 1.97. The second kappa shape index (κ2) is 5.40. The molecule has 1 aromatic carbocycles. The summed E-state index contributed by atoms with van der Waals surface area (Å²) in [6.45, 7) is 1.55. The van der Waals surface area contributed by atoms with Gasteiger partial charge in [0.25, 0.3) is 0 Å². The molecule has 0 aliphatic heterocycles. The van der Waals surface area contributed by atoms with Crippen molar-refractivity contribution in [3.05, 3.63) is 52.7 Å². The van der Waals surface area contributed by atoms with E-state index < -0.39 is 17.7 Å². The third kappa shape index (κ3) is 2.76. The van der Waals surface area contributed by atoms with Crippen molar-refractivity contribution < 1.29 is 13.5 Å². The standard InChI is InChI=1S/C13H11ClF2N2O/c1-7(19-10-3-2-6-18-13(10)17)11-8(15)4-5-9(16)12(11)14/h2-7H,1H3,(H2,17,18). The second-order valence-electron chi connectivity index (χ2n) is 3.90. The summed E-state index contributed by atoms with van der Waals surface area (Å²) in [4.78, 5) is 3.84. The highest BCUT2D eigenvalue weighted by atomic mass is 35.5. The topological polar surface area (TPSA) is 48.1 Å². The van der Waals surface area contributed by atoms with Crippen LogP contribution in [-0.2, 0) is 0 Å². The van der Waals surface area contributed by atoms with Crippen LogP contribution in [0.4, 0.5) is 14.6 Å². The first-order valence-corrected chi connectivity index (χ1v) is 5.89. The van der Waals surface area contributed by atoms with Crippen molar-refractivity contribution in [1.29, 1.82) is 0 Å². The number of halogens is 3. The second-order valence-corrected chi connectivity index (χ2v) is 4.28. The lowest BCUT2D eigenvalue weighted by Crippen LogP contribution is -2.09. The predicted octanol–water partition coefficient (Wildman–Crippen LogP) is 3.74. The quantitative estimate of drug-likeness (QED) is 0.874. The molecule has 1 unspecified atom stereocenters. The number of hydrogen-bond acceptors (Lipinski definition) is 3. The number of benzene rings is 1. The van der Waals surface area contributed by atoms with E-state index in [-0.39, 0.29) is 22.2 Å². The molecular weight excluding hydrogens is 274 g/mol. The number of aromatic nitrogens is 1. The predicted molar refractivity (Wildman–Crippen MR) is 69.1 cm³/mol. The van der Waals surface area contributed by atoms with Crippen LogP contribution in [0.2, 0.25) is 5.02 Å². The number of rotatable bonds is 3. The Kier molecular flexibility index (Phi) is 3.85. The molecule has 0 aliphatic carbocycles. The Hall–Kier alpha value is -1.88. The molecule has 2 N–H and O–H groups in total. The summed E-state index contributed by atoms with van der Waals surface area (Å²) in [6.07, 6.45) is 0.706. The summed E-state index contributed by atoms with van der Waals surface area (Å²) in [5.74, 6) is -0.883. The van der Waals surface area contributed by atoms with Gasteiger partial charge in [-0.25, -0.2) is 13.8 Å². The smallest absolute Gasteiger partial charge is 0.166 e. The Balaban J connectivity index is 2.33. The first-order chi connectivity index (χ1) is 9.00. The van der Waals surface area contributed by atoms with Crippen LogP contribution in [0.3, 0.4) is 0 Å². The van der Waals surface area contributed by atoms with Crippen molar-refractivity contribution in [3.63, 3.8) is 0 Å². The number of nitrogens with two attached hydrogens (primary N) is 1. The molecule has 1 heterocycles. The van der Waals surface area contributed by atoms with Gasteiger partial charge in [-0.05, 0) is 31.2 Å². The van der Waals surface area contributed by atoms with Crippen LogP contribution in [-0.4, -0.2) is 4.98 Å². The lowest BCUT2D eigenvalue weighted by molar-refractivity contribution is 0.221. The summed E-state index contributed by atoms with van der Waals surface area (Å²) in [5, 5.41) is -0.296. The summed E-state index contributed by atoms with van der Waals surface area (Å²) >= 11 is 5.76.